The van der Waals surface area contributed by atoms with Crippen LogP contribution >= 0.6 is 15.9 Å². The normalized spacial score (nSPS) is 10.7. The number of nitrogen functional groups attached to an aromatic ring is 1. The third-order valence-electron chi connectivity index (χ3n) is 2.75. The second-order valence-electron chi connectivity index (χ2n) is 4.51. The Balaban J connectivity index is 2.18. The van der Waals surface area contributed by atoms with E-state index in [1.54, 1.807) is 0 Å². The van der Waals surface area contributed by atoms with Gasteiger partial charge in [-0.05, 0) is 41.8 Å². The van der Waals surface area contributed by atoms with E-state index in [0.717, 1.165) is 10.2 Å². The van der Waals surface area contributed by atoms with E-state index in [2.05, 4.69) is 41.9 Å². The molecule has 0 saturated carbocycles. The lowest BCUT2D eigenvalue weighted by Gasteiger charge is -2.10. The van der Waals surface area contributed by atoms with E-state index in [9.17, 15) is 0 Å². The molecular formula is C15H16BrNO. The van der Waals surface area contributed by atoms with E-state index in [0.29, 0.717) is 17.4 Å². The highest BCUT2D eigenvalue weighted by Gasteiger charge is 2.04. The Morgan fingerprint density at radius 1 is 1.06 bits per heavy atom. The first-order valence-electron chi connectivity index (χ1n) is 5.89. The highest BCUT2D eigenvalue weighted by atomic mass is 79.9. The molecule has 3 heteroatoms. The van der Waals surface area contributed by atoms with Crippen LogP contribution in [0.4, 0.5) is 5.69 Å². The summed E-state index contributed by atoms with van der Waals surface area (Å²) in [5, 5.41) is 0. The maximum absolute atomic E-state index is 5.89. The molecule has 0 saturated heterocycles. The second kappa shape index (κ2) is 5.44. The minimum atomic E-state index is 0.525. The van der Waals surface area contributed by atoms with Gasteiger partial charge in [-0.15, -0.1) is 0 Å². The Morgan fingerprint density at radius 2 is 1.72 bits per heavy atom. The molecular weight excluding hydrogens is 290 g/mol. The first-order valence-corrected chi connectivity index (χ1v) is 6.68. The summed E-state index contributed by atoms with van der Waals surface area (Å²) in [6.07, 6.45) is 0. The van der Waals surface area contributed by atoms with Gasteiger partial charge in [0.25, 0.3) is 0 Å². The number of rotatable bonds is 3. The number of hydrogen-bond acceptors (Lipinski definition) is 2. The van der Waals surface area contributed by atoms with Crippen LogP contribution in [0.15, 0.2) is 46.9 Å². The minimum absolute atomic E-state index is 0.525. The fourth-order valence-corrected chi connectivity index (χ4v) is 2.04. The molecule has 0 spiro atoms. The van der Waals surface area contributed by atoms with Gasteiger partial charge in [0.05, 0.1) is 5.69 Å². The lowest BCUT2D eigenvalue weighted by atomic mass is 10.0. The van der Waals surface area contributed by atoms with Crippen molar-refractivity contribution in [2.24, 2.45) is 0 Å². The Labute approximate surface area is 116 Å². The number of halogens is 1. The first kappa shape index (κ1) is 13.0. The summed E-state index contributed by atoms with van der Waals surface area (Å²) in [6.45, 7) is 4.34. The molecule has 2 N–H and O–H groups in total. The number of benzene rings is 2. The van der Waals surface area contributed by atoms with Gasteiger partial charge in [0.1, 0.15) is 11.5 Å². The Hall–Kier alpha value is -1.48. The molecule has 2 aromatic carbocycles. The molecule has 0 atom stereocenters. The SMILES string of the molecule is CC(C)c1ccc(Oc2ccc(Br)cc2N)cc1. The summed E-state index contributed by atoms with van der Waals surface area (Å²) >= 11 is 3.37. The molecule has 0 aromatic heterocycles. The molecule has 18 heavy (non-hydrogen) atoms. The molecule has 94 valence electrons. The highest BCUT2D eigenvalue weighted by molar-refractivity contribution is 9.10. The third-order valence-corrected chi connectivity index (χ3v) is 3.24. The zero-order valence-corrected chi connectivity index (χ0v) is 12.1. The predicted molar refractivity (Wildman–Crippen MR) is 79.2 cm³/mol. The van der Waals surface area contributed by atoms with E-state index in [4.69, 9.17) is 10.5 Å². The van der Waals surface area contributed by atoms with Gasteiger partial charge in [-0.1, -0.05) is 41.9 Å². The molecule has 2 rings (SSSR count). The zero-order chi connectivity index (χ0) is 13.1. The smallest absolute Gasteiger partial charge is 0.150 e. The van der Waals surface area contributed by atoms with Crippen LogP contribution in [-0.4, -0.2) is 0 Å². The van der Waals surface area contributed by atoms with Crippen molar-refractivity contribution in [1.29, 1.82) is 0 Å². The van der Waals surface area contributed by atoms with Crippen molar-refractivity contribution in [1.82, 2.24) is 0 Å². The summed E-state index contributed by atoms with van der Waals surface area (Å²) in [5.74, 6) is 2.00. The first-order chi connectivity index (χ1) is 8.56. The van der Waals surface area contributed by atoms with Crippen LogP contribution < -0.4 is 10.5 Å². The standard InChI is InChI=1S/C15H16BrNO/c1-10(2)11-3-6-13(7-4-11)18-15-8-5-12(16)9-14(15)17/h3-10H,17H2,1-2H3. The summed E-state index contributed by atoms with van der Waals surface area (Å²) in [6, 6.07) is 13.7. The highest BCUT2D eigenvalue weighted by Crippen LogP contribution is 2.30. The van der Waals surface area contributed by atoms with Crippen LogP contribution in [0.5, 0.6) is 11.5 Å². The Morgan fingerprint density at radius 3 is 2.28 bits per heavy atom. The molecule has 0 aliphatic carbocycles. The van der Waals surface area contributed by atoms with Gasteiger partial charge in [0.2, 0.25) is 0 Å². The fourth-order valence-electron chi connectivity index (χ4n) is 1.66. The van der Waals surface area contributed by atoms with Crippen molar-refractivity contribution < 1.29 is 4.74 Å². The van der Waals surface area contributed by atoms with Crippen molar-refractivity contribution >= 4 is 21.6 Å². The maximum atomic E-state index is 5.89. The molecule has 0 aliphatic rings. The van der Waals surface area contributed by atoms with Gasteiger partial charge in [0.15, 0.2) is 0 Å². The van der Waals surface area contributed by atoms with Crippen molar-refractivity contribution in [3.8, 4) is 11.5 Å². The van der Waals surface area contributed by atoms with Crippen molar-refractivity contribution in [3.05, 3.63) is 52.5 Å². The topological polar surface area (TPSA) is 35.2 Å². The van der Waals surface area contributed by atoms with Gasteiger partial charge >= 0.3 is 0 Å². The maximum Gasteiger partial charge on any atom is 0.150 e. The summed E-state index contributed by atoms with van der Waals surface area (Å²) in [5.41, 5.74) is 7.81. The zero-order valence-electron chi connectivity index (χ0n) is 10.5. The van der Waals surface area contributed by atoms with Crippen LogP contribution in [0.2, 0.25) is 0 Å². The quantitative estimate of drug-likeness (QED) is 0.815. The van der Waals surface area contributed by atoms with Crippen molar-refractivity contribution in [2.75, 3.05) is 5.73 Å². The van der Waals surface area contributed by atoms with Crippen LogP contribution in [0.1, 0.15) is 25.3 Å². The average Bonchev–Trinajstić information content (AvgIpc) is 2.33. The molecule has 2 nitrogen and oxygen atoms in total. The van der Waals surface area contributed by atoms with Gasteiger partial charge in [-0.25, -0.2) is 0 Å². The minimum Gasteiger partial charge on any atom is -0.455 e. The van der Waals surface area contributed by atoms with Crippen LogP contribution in [-0.2, 0) is 0 Å². The van der Waals surface area contributed by atoms with E-state index in [1.165, 1.54) is 5.56 Å². The molecule has 0 bridgehead atoms. The molecule has 0 radical (unpaired) electrons. The molecule has 0 amide bonds. The summed E-state index contributed by atoms with van der Waals surface area (Å²) in [4.78, 5) is 0. The third kappa shape index (κ3) is 3.05. The van der Waals surface area contributed by atoms with E-state index in [1.807, 2.05) is 30.3 Å². The molecule has 0 unspecified atom stereocenters. The largest absolute Gasteiger partial charge is 0.455 e. The van der Waals surface area contributed by atoms with Crippen molar-refractivity contribution in [2.45, 2.75) is 19.8 Å². The van der Waals surface area contributed by atoms with Gasteiger partial charge in [-0.3, -0.25) is 0 Å². The van der Waals surface area contributed by atoms with E-state index < -0.39 is 0 Å². The van der Waals surface area contributed by atoms with Crippen LogP contribution in [0, 0.1) is 0 Å². The second-order valence-corrected chi connectivity index (χ2v) is 5.42. The number of anilines is 1. The van der Waals surface area contributed by atoms with Gasteiger partial charge in [-0.2, -0.15) is 0 Å². The predicted octanol–water partition coefficient (Wildman–Crippen LogP) is 4.95. The van der Waals surface area contributed by atoms with Crippen LogP contribution in [0.25, 0.3) is 0 Å². The van der Waals surface area contributed by atoms with Gasteiger partial charge < -0.3 is 10.5 Å². The Kier molecular flexibility index (Phi) is 3.92. The Bertz CT molecular complexity index is 535. The van der Waals surface area contributed by atoms with Gasteiger partial charge in [0, 0.05) is 4.47 Å². The fraction of sp³-hybridized carbons (Fsp3) is 0.200. The number of hydrogen-bond donors (Lipinski definition) is 1. The average molecular weight is 306 g/mol. The molecule has 0 heterocycles. The number of ether oxygens (including phenoxy) is 1. The number of nitrogens with two attached hydrogens (primary N) is 1. The molecule has 0 fully saturated rings. The van der Waals surface area contributed by atoms with E-state index >= 15 is 0 Å². The summed E-state index contributed by atoms with van der Waals surface area (Å²) < 4.78 is 6.70. The molecule has 2 aromatic rings. The van der Waals surface area contributed by atoms with E-state index in [-0.39, 0.29) is 0 Å². The van der Waals surface area contributed by atoms with Crippen molar-refractivity contribution in [3.63, 3.8) is 0 Å². The van der Waals surface area contributed by atoms with Crippen LogP contribution in [0.3, 0.4) is 0 Å². The summed E-state index contributed by atoms with van der Waals surface area (Å²) in [7, 11) is 0. The molecule has 0 aliphatic heterocycles. The monoisotopic (exact) mass is 305 g/mol. The lowest BCUT2D eigenvalue weighted by Crippen LogP contribution is -1.92. The lowest BCUT2D eigenvalue weighted by molar-refractivity contribution is 0.484.